The Hall–Kier alpha value is -2.73. The van der Waals surface area contributed by atoms with Crippen LogP contribution in [0.25, 0.3) is 6.08 Å². The van der Waals surface area contributed by atoms with Crippen molar-refractivity contribution < 1.29 is 4.79 Å². The molecule has 6 nitrogen and oxygen atoms in total. The molecule has 0 radical (unpaired) electrons. The molecule has 3 rings (SSSR count). The van der Waals surface area contributed by atoms with Crippen molar-refractivity contribution in [2.75, 3.05) is 36.8 Å². The van der Waals surface area contributed by atoms with Gasteiger partial charge in [0.25, 0.3) is 0 Å². The number of aromatic nitrogens is 2. The van der Waals surface area contributed by atoms with Crippen LogP contribution in [0.5, 0.6) is 0 Å². The zero-order valence-electron chi connectivity index (χ0n) is 12.8. The van der Waals surface area contributed by atoms with Crippen LogP contribution in [-0.2, 0) is 0 Å². The first-order chi connectivity index (χ1) is 11.2. The van der Waals surface area contributed by atoms with Crippen LogP contribution in [0, 0.1) is 0 Å². The van der Waals surface area contributed by atoms with E-state index < -0.39 is 0 Å². The van der Waals surface area contributed by atoms with E-state index in [1.807, 2.05) is 12.1 Å². The minimum atomic E-state index is -0.226. The number of nitrogens with one attached hydrogen (secondary N) is 1. The van der Waals surface area contributed by atoms with E-state index in [0.29, 0.717) is 11.3 Å². The van der Waals surface area contributed by atoms with Crippen molar-refractivity contribution in [1.82, 2.24) is 15.3 Å². The van der Waals surface area contributed by atoms with Gasteiger partial charge in [0.15, 0.2) is 0 Å². The van der Waals surface area contributed by atoms with Crippen molar-refractivity contribution >= 4 is 23.5 Å². The number of pyridine rings is 2. The largest absolute Gasteiger partial charge is 0.383 e. The first kappa shape index (κ1) is 15.2. The second kappa shape index (κ2) is 6.58. The van der Waals surface area contributed by atoms with E-state index in [9.17, 15) is 4.79 Å². The van der Waals surface area contributed by atoms with Gasteiger partial charge in [0.1, 0.15) is 17.3 Å². The van der Waals surface area contributed by atoms with Crippen LogP contribution in [-0.4, -0.2) is 41.9 Å². The molecule has 0 aliphatic carbocycles. The molecule has 23 heavy (non-hydrogen) atoms. The molecule has 3 N–H and O–H groups in total. The third-order valence-corrected chi connectivity index (χ3v) is 3.83. The average Bonchev–Trinajstić information content (AvgIpc) is 2.62. The van der Waals surface area contributed by atoms with E-state index in [1.54, 1.807) is 24.4 Å². The van der Waals surface area contributed by atoms with E-state index in [2.05, 4.69) is 26.8 Å². The number of nitrogens with zero attached hydrogens (tertiary/aromatic N) is 3. The molecule has 1 fully saturated rings. The Kier molecular flexibility index (Phi) is 4.34. The number of hydrogen-bond donors (Lipinski definition) is 2. The van der Waals surface area contributed by atoms with E-state index in [1.165, 1.54) is 0 Å². The van der Waals surface area contributed by atoms with Gasteiger partial charge in [-0.25, -0.2) is 9.97 Å². The molecule has 1 aliphatic heterocycles. The minimum absolute atomic E-state index is 0.204. The number of nitrogens with two attached hydrogens (primary N) is 1. The van der Waals surface area contributed by atoms with Gasteiger partial charge >= 0.3 is 0 Å². The van der Waals surface area contributed by atoms with Crippen LogP contribution in [0.1, 0.15) is 21.6 Å². The number of carbonyl (C=O) groups excluding carboxylic acids is 1. The van der Waals surface area contributed by atoms with Crippen LogP contribution in [0.15, 0.2) is 37.0 Å². The molecular weight excluding hydrogens is 290 g/mol. The molecule has 118 valence electrons. The highest BCUT2D eigenvalue weighted by Gasteiger charge is 2.18. The summed E-state index contributed by atoms with van der Waals surface area (Å²) in [6, 6.07) is 7.16. The molecular formula is C17H19N5O. The van der Waals surface area contributed by atoms with Crippen molar-refractivity contribution in [2.24, 2.45) is 0 Å². The van der Waals surface area contributed by atoms with Crippen LogP contribution < -0.4 is 16.0 Å². The van der Waals surface area contributed by atoms with Gasteiger partial charge in [0.05, 0.1) is 5.56 Å². The average molecular weight is 309 g/mol. The summed E-state index contributed by atoms with van der Waals surface area (Å²) in [5.74, 6) is 0.786. The van der Waals surface area contributed by atoms with Gasteiger partial charge < -0.3 is 16.0 Å². The number of ketones is 1. The SMILES string of the molecule is C=Cc1cnc(N)c(C(=O)c2cccc(N3CCNCC3)n2)c1. The zero-order chi connectivity index (χ0) is 16.2. The molecule has 0 aromatic carbocycles. The number of rotatable bonds is 4. The topological polar surface area (TPSA) is 84.1 Å². The summed E-state index contributed by atoms with van der Waals surface area (Å²) in [6.45, 7) is 7.27. The lowest BCUT2D eigenvalue weighted by Gasteiger charge is -2.28. The van der Waals surface area contributed by atoms with Crippen molar-refractivity contribution in [3.63, 3.8) is 0 Å². The van der Waals surface area contributed by atoms with Gasteiger partial charge in [-0.05, 0) is 23.8 Å². The fourth-order valence-corrected chi connectivity index (χ4v) is 2.54. The van der Waals surface area contributed by atoms with Crippen molar-refractivity contribution in [2.45, 2.75) is 0 Å². The molecule has 6 heteroatoms. The zero-order valence-corrected chi connectivity index (χ0v) is 12.8. The Morgan fingerprint density at radius 3 is 2.87 bits per heavy atom. The first-order valence-electron chi connectivity index (χ1n) is 7.54. The summed E-state index contributed by atoms with van der Waals surface area (Å²) in [4.78, 5) is 23.4. The molecule has 2 aromatic rings. The van der Waals surface area contributed by atoms with Gasteiger partial charge in [-0.15, -0.1) is 0 Å². The molecule has 0 amide bonds. The van der Waals surface area contributed by atoms with Crippen molar-refractivity contribution in [3.05, 3.63) is 53.9 Å². The summed E-state index contributed by atoms with van der Waals surface area (Å²) >= 11 is 0. The van der Waals surface area contributed by atoms with E-state index >= 15 is 0 Å². The maximum atomic E-state index is 12.7. The number of hydrogen-bond acceptors (Lipinski definition) is 6. The molecule has 0 atom stereocenters. The molecule has 0 unspecified atom stereocenters. The molecule has 1 aliphatic rings. The highest BCUT2D eigenvalue weighted by molar-refractivity contribution is 6.10. The van der Waals surface area contributed by atoms with Crippen LogP contribution in [0.2, 0.25) is 0 Å². The quantitative estimate of drug-likeness (QED) is 0.829. The smallest absolute Gasteiger partial charge is 0.215 e. The van der Waals surface area contributed by atoms with Gasteiger partial charge in [0, 0.05) is 32.4 Å². The Morgan fingerprint density at radius 2 is 2.13 bits per heavy atom. The summed E-state index contributed by atoms with van der Waals surface area (Å²) in [6.07, 6.45) is 3.22. The standard InChI is InChI=1S/C17H19N5O/c1-2-12-10-13(17(18)20-11-12)16(23)14-4-3-5-15(21-14)22-8-6-19-7-9-22/h2-5,10-11,19H,1,6-9H2,(H2,18,20). The highest BCUT2D eigenvalue weighted by atomic mass is 16.1. The normalized spacial score (nSPS) is 14.5. The molecule has 0 bridgehead atoms. The third kappa shape index (κ3) is 3.22. The predicted molar refractivity (Wildman–Crippen MR) is 91.5 cm³/mol. The van der Waals surface area contributed by atoms with E-state index in [4.69, 9.17) is 5.73 Å². The number of anilines is 2. The molecule has 1 saturated heterocycles. The molecule has 3 heterocycles. The van der Waals surface area contributed by atoms with Crippen LogP contribution >= 0.6 is 0 Å². The second-order valence-corrected chi connectivity index (χ2v) is 5.35. The van der Waals surface area contributed by atoms with Gasteiger partial charge in [-0.2, -0.15) is 0 Å². The van der Waals surface area contributed by atoms with Crippen molar-refractivity contribution in [1.29, 1.82) is 0 Å². The highest BCUT2D eigenvalue weighted by Crippen LogP contribution is 2.18. The van der Waals surface area contributed by atoms with E-state index in [0.717, 1.165) is 37.6 Å². The summed E-state index contributed by atoms with van der Waals surface area (Å²) in [5, 5.41) is 3.30. The van der Waals surface area contributed by atoms with Gasteiger partial charge in [-0.1, -0.05) is 18.7 Å². The van der Waals surface area contributed by atoms with Gasteiger partial charge in [0.2, 0.25) is 5.78 Å². The second-order valence-electron chi connectivity index (χ2n) is 5.35. The fraction of sp³-hybridized carbons (Fsp3) is 0.235. The van der Waals surface area contributed by atoms with Crippen molar-refractivity contribution in [3.8, 4) is 0 Å². The monoisotopic (exact) mass is 309 g/mol. The Labute approximate surface area is 135 Å². The van der Waals surface area contributed by atoms with Crippen LogP contribution in [0.3, 0.4) is 0 Å². The maximum absolute atomic E-state index is 12.7. The Morgan fingerprint density at radius 1 is 1.35 bits per heavy atom. The fourth-order valence-electron chi connectivity index (χ4n) is 2.54. The maximum Gasteiger partial charge on any atom is 0.215 e. The Balaban J connectivity index is 1.92. The summed E-state index contributed by atoms with van der Waals surface area (Å²) in [5.41, 5.74) is 7.33. The number of nitrogen functional groups attached to an aromatic ring is 1. The predicted octanol–water partition coefficient (Wildman–Crippen LogP) is 1.34. The first-order valence-corrected chi connectivity index (χ1v) is 7.54. The third-order valence-electron chi connectivity index (χ3n) is 3.83. The lowest BCUT2D eigenvalue weighted by molar-refractivity contribution is 0.103. The number of piperazine rings is 1. The summed E-state index contributed by atoms with van der Waals surface area (Å²) in [7, 11) is 0. The molecule has 2 aromatic heterocycles. The molecule has 0 saturated carbocycles. The number of carbonyl (C=O) groups is 1. The van der Waals surface area contributed by atoms with Gasteiger partial charge in [-0.3, -0.25) is 4.79 Å². The van der Waals surface area contributed by atoms with E-state index in [-0.39, 0.29) is 11.6 Å². The Bertz CT molecular complexity index is 738. The molecule has 0 spiro atoms. The lowest BCUT2D eigenvalue weighted by atomic mass is 10.1. The summed E-state index contributed by atoms with van der Waals surface area (Å²) < 4.78 is 0. The lowest BCUT2D eigenvalue weighted by Crippen LogP contribution is -2.44. The minimum Gasteiger partial charge on any atom is -0.383 e. The van der Waals surface area contributed by atoms with Crippen LogP contribution in [0.4, 0.5) is 11.6 Å².